The molecule has 8 atom stereocenters. The van der Waals surface area contributed by atoms with Crippen molar-refractivity contribution in [2.24, 2.45) is 28.1 Å². The summed E-state index contributed by atoms with van der Waals surface area (Å²) >= 11 is 0.808. The van der Waals surface area contributed by atoms with Gasteiger partial charge in [-0.3, -0.25) is 4.79 Å². The molecular formula is C33H36F2N4O5S. The highest BCUT2D eigenvalue weighted by Crippen LogP contribution is 2.75. The van der Waals surface area contributed by atoms with Gasteiger partial charge in [0.2, 0.25) is 5.95 Å². The quantitative estimate of drug-likeness (QED) is 0.431. The van der Waals surface area contributed by atoms with Gasteiger partial charge in [0.05, 0.1) is 47.1 Å². The Morgan fingerprint density at radius 2 is 2.02 bits per heavy atom. The number of allylic oxidation sites excluding steroid dienone is 1. The SMILES string of the molecule is C[C@]12Cc3cnn(-c4ccc(F)nc4)c3C=C1CC[C@H]1[C@@H]3CC[C@](C(=O)SCC#N)([C@@]4(C(=O)O)CCCO4)[C@@]3(C)C[C@H](O)[C@@]12F. The minimum absolute atomic E-state index is 0.0991. The maximum atomic E-state index is 18.2. The van der Waals surface area contributed by atoms with Crippen LogP contribution in [0.1, 0.15) is 70.1 Å². The van der Waals surface area contributed by atoms with Crippen LogP contribution in [-0.4, -0.2) is 65.8 Å². The summed E-state index contributed by atoms with van der Waals surface area (Å²) in [6, 6.07) is 4.83. The third-order valence-electron chi connectivity index (χ3n) is 12.4. The van der Waals surface area contributed by atoms with Crippen molar-refractivity contribution in [1.29, 1.82) is 5.26 Å². The number of fused-ring (bicyclic) bond motifs is 6. The molecule has 0 amide bonds. The number of ether oxygens (including phenoxy) is 1. The third kappa shape index (κ3) is 3.72. The Morgan fingerprint density at radius 3 is 2.69 bits per heavy atom. The van der Waals surface area contributed by atoms with E-state index in [9.17, 15) is 29.5 Å². The van der Waals surface area contributed by atoms with E-state index in [0.717, 1.165) is 28.6 Å². The molecule has 4 aliphatic carbocycles. The summed E-state index contributed by atoms with van der Waals surface area (Å²) in [7, 11) is 0. The number of aromatic nitrogens is 3. The molecule has 0 radical (unpaired) electrons. The zero-order valence-electron chi connectivity index (χ0n) is 25.3. The molecule has 0 unspecified atom stereocenters. The zero-order chi connectivity index (χ0) is 32.0. The van der Waals surface area contributed by atoms with E-state index < -0.39 is 56.6 Å². The number of aliphatic carboxylic acids is 1. The number of aliphatic hydroxyl groups is 1. The number of thioether (sulfide) groups is 1. The van der Waals surface area contributed by atoms with Crippen molar-refractivity contribution in [1.82, 2.24) is 14.8 Å². The molecule has 1 aliphatic heterocycles. The fourth-order valence-corrected chi connectivity index (χ4v) is 11.4. The maximum Gasteiger partial charge on any atom is 0.337 e. The second kappa shape index (κ2) is 10.2. The molecule has 12 heteroatoms. The molecule has 2 N–H and O–H groups in total. The van der Waals surface area contributed by atoms with Gasteiger partial charge in [0, 0.05) is 17.9 Å². The number of pyridine rings is 1. The van der Waals surface area contributed by atoms with E-state index in [4.69, 9.17) is 4.74 Å². The summed E-state index contributed by atoms with van der Waals surface area (Å²) in [6.07, 6.45) is 5.96. The van der Waals surface area contributed by atoms with E-state index >= 15 is 4.39 Å². The Kier molecular flexibility index (Phi) is 6.90. The topological polar surface area (TPSA) is 138 Å². The molecule has 7 rings (SSSR count). The van der Waals surface area contributed by atoms with Crippen molar-refractivity contribution >= 4 is 28.9 Å². The van der Waals surface area contributed by atoms with Crippen molar-refractivity contribution in [3.05, 3.63) is 47.3 Å². The van der Waals surface area contributed by atoms with Gasteiger partial charge in [-0.1, -0.05) is 31.2 Å². The lowest BCUT2D eigenvalue weighted by molar-refractivity contribution is -0.236. The summed E-state index contributed by atoms with van der Waals surface area (Å²) in [5.74, 6) is -2.96. The number of carboxylic acid groups (broad SMARTS) is 1. The highest BCUT2D eigenvalue weighted by molar-refractivity contribution is 8.13. The van der Waals surface area contributed by atoms with Crippen LogP contribution in [0.3, 0.4) is 0 Å². The molecule has 0 spiro atoms. The van der Waals surface area contributed by atoms with E-state index in [1.807, 2.05) is 26.0 Å². The minimum atomic E-state index is -2.05. The Morgan fingerprint density at radius 1 is 1.22 bits per heavy atom. The highest BCUT2D eigenvalue weighted by Gasteiger charge is 2.80. The fourth-order valence-electron chi connectivity index (χ4n) is 10.5. The Hall–Kier alpha value is -3.14. The highest BCUT2D eigenvalue weighted by atomic mass is 32.2. The number of carbonyl (C=O) groups is 2. The standard InChI is InChI=1S/C33H36F2N4O5S/c1-29-15-19-17-38-39(21-5-7-26(34)37-18-21)24(19)14-20(29)4-6-23-22-8-10-31(28(43)45-13-11-36,32(27(41)42)9-3-12-44-32)30(22,2)16-25(40)33(23,29)35/h5,7,14,17-18,22-23,25,40H,3-4,6,8-10,12-13,15-16H2,1-2H3,(H,41,42)/t22-,23-,25-,29-,30-,31+,32-,33-/m0/s1. The molecule has 3 heterocycles. The van der Waals surface area contributed by atoms with Crippen LogP contribution in [0, 0.1) is 45.4 Å². The van der Waals surface area contributed by atoms with Crippen LogP contribution in [0.4, 0.5) is 8.78 Å². The van der Waals surface area contributed by atoms with Crippen molar-refractivity contribution in [3.8, 4) is 11.8 Å². The van der Waals surface area contributed by atoms with Crippen LogP contribution in [0.5, 0.6) is 0 Å². The molecule has 238 valence electrons. The van der Waals surface area contributed by atoms with E-state index in [2.05, 4.69) is 10.1 Å². The summed E-state index contributed by atoms with van der Waals surface area (Å²) < 4.78 is 39.5. The molecule has 4 fully saturated rings. The van der Waals surface area contributed by atoms with E-state index in [1.54, 1.807) is 16.9 Å². The molecule has 5 aliphatic rings. The largest absolute Gasteiger partial charge is 0.479 e. The van der Waals surface area contributed by atoms with Crippen LogP contribution in [0.25, 0.3) is 11.8 Å². The molecule has 45 heavy (non-hydrogen) atoms. The average Bonchev–Trinajstić information content (AvgIpc) is 3.73. The Bertz CT molecular complexity index is 1650. The van der Waals surface area contributed by atoms with Gasteiger partial charge in [-0.2, -0.15) is 14.8 Å². The normalized spacial score (nSPS) is 40.0. The number of carboxylic acids is 1. The van der Waals surface area contributed by atoms with Crippen molar-refractivity contribution in [2.45, 2.75) is 82.6 Å². The zero-order valence-corrected chi connectivity index (χ0v) is 26.1. The summed E-state index contributed by atoms with van der Waals surface area (Å²) in [5, 5.41) is 36.2. The predicted octanol–water partition coefficient (Wildman–Crippen LogP) is 5.05. The van der Waals surface area contributed by atoms with Gasteiger partial charge in [0.25, 0.3) is 0 Å². The summed E-state index contributed by atoms with van der Waals surface area (Å²) in [5.41, 5.74) is -4.52. The first-order chi connectivity index (χ1) is 21.4. The lowest BCUT2D eigenvalue weighted by Crippen LogP contribution is -2.71. The summed E-state index contributed by atoms with van der Waals surface area (Å²) in [4.78, 5) is 31.1. The number of hydrogen-bond donors (Lipinski definition) is 2. The molecule has 3 saturated carbocycles. The first-order valence-electron chi connectivity index (χ1n) is 15.6. The van der Waals surface area contributed by atoms with Crippen molar-refractivity contribution < 1.29 is 33.3 Å². The number of carbonyl (C=O) groups excluding carboxylic acids is 1. The van der Waals surface area contributed by atoms with Gasteiger partial charge < -0.3 is 14.9 Å². The third-order valence-corrected chi connectivity index (χ3v) is 13.3. The molecule has 0 aromatic carbocycles. The molecule has 9 nitrogen and oxygen atoms in total. The number of nitrogens with zero attached hydrogens (tertiary/aromatic N) is 4. The molecular weight excluding hydrogens is 602 g/mol. The van der Waals surface area contributed by atoms with Gasteiger partial charge in [-0.15, -0.1) is 0 Å². The lowest BCUT2D eigenvalue weighted by atomic mass is 9.41. The first-order valence-corrected chi connectivity index (χ1v) is 16.6. The molecule has 0 bridgehead atoms. The van der Waals surface area contributed by atoms with Crippen LogP contribution >= 0.6 is 11.8 Å². The summed E-state index contributed by atoms with van der Waals surface area (Å²) in [6.45, 7) is 3.92. The lowest BCUT2D eigenvalue weighted by Gasteiger charge is -2.65. The van der Waals surface area contributed by atoms with Crippen molar-refractivity contribution in [3.63, 3.8) is 0 Å². The van der Waals surface area contributed by atoms with Crippen molar-refractivity contribution in [2.75, 3.05) is 12.4 Å². The van der Waals surface area contributed by atoms with Crippen LogP contribution in [-0.2, 0) is 20.7 Å². The smallest absolute Gasteiger partial charge is 0.337 e. The van der Waals surface area contributed by atoms with Crippen LogP contribution < -0.4 is 0 Å². The molecule has 2 aromatic heterocycles. The van der Waals surface area contributed by atoms with E-state index in [-0.39, 0.29) is 37.5 Å². The van der Waals surface area contributed by atoms with E-state index in [0.29, 0.717) is 37.8 Å². The molecule has 2 aromatic rings. The van der Waals surface area contributed by atoms with Crippen LogP contribution in [0.15, 0.2) is 30.1 Å². The van der Waals surface area contributed by atoms with Gasteiger partial charge >= 0.3 is 5.97 Å². The number of aliphatic hydroxyl groups excluding tert-OH is 1. The molecule has 1 saturated heterocycles. The first kappa shape index (κ1) is 30.5. The number of halogens is 2. The maximum absolute atomic E-state index is 18.2. The number of hydrogen-bond acceptors (Lipinski definition) is 8. The number of rotatable bonds is 5. The Balaban J connectivity index is 1.31. The van der Waals surface area contributed by atoms with Gasteiger partial charge in [-0.25, -0.2) is 18.9 Å². The second-order valence-electron chi connectivity index (χ2n) is 13.9. The predicted molar refractivity (Wildman–Crippen MR) is 160 cm³/mol. The van der Waals surface area contributed by atoms with E-state index in [1.165, 1.54) is 12.3 Å². The fraction of sp³-hybridized carbons (Fsp3) is 0.606. The van der Waals surface area contributed by atoms with Gasteiger partial charge in [0.1, 0.15) is 5.67 Å². The van der Waals surface area contributed by atoms with Gasteiger partial charge in [-0.05, 0) is 86.5 Å². The second-order valence-corrected chi connectivity index (χ2v) is 14.9. The number of alkyl halides is 1. The van der Waals surface area contributed by atoms with Gasteiger partial charge in [0.15, 0.2) is 10.7 Å². The average molecular weight is 639 g/mol. The number of nitriles is 1. The minimum Gasteiger partial charge on any atom is -0.479 e. The Labute approximate surface area is 264 Å². The monoisotopic (exact) mass is 638 g/mol. The van der Waals surface area contributed by atoms with Crippen LogP contribution in [0.2, 0.25) is 0 Å².